The molecule has 1 heterocycles. The smallest absolute Gasteiger partial charge is 0.105 e. The average molecular weight is 517 g/mol. The van der Waals surface area contributed by atoms with Gasteiger partial charge in [-0.25, -0.2) is 0 Å². The van der Waals surface area contributed by atoms with Crippen LogP contribution in [-0.2, 0) is 13.0 Å². The van der Waals surface area contributed by atoms with Crippen molar-refractivity contribution in [3.05, 3.63) is 84.2 Å². The van der Waals surface area contributed by atoms with Crippen LogP contribution in [0, 0.1) is 0 Å². The van der Waals surface area contributed by atoms with E-state index in [0.717, 1.165) is 19.5 Å². The fourth-order valence-electron chi connectivity index (χ4n) is 5.82. The molecule has 2 nitrogen and oxygen atoms in total. The second-order valence-electron chi connectivity index (χ2n) is 11.5. The fourth-order valence-corrected chi connectivity index (χ4v) is 5.82. The Morgan fingerprint density at radius 3 is 1.39 bits per heavy atom. The Morgan fingerprint density at radius 2 is 0.895 bits per heavy atom. The highest BCUT2D eigenvalue weighted by Gasteiger charge is 2.26. The van der Waals surface area contributed by atoms with Crippen molar-refractivity contribution in [3.63, 3.8) is 0 Å². The lowest BCUT2D eigenvalue weighted by atomic mass is 10.0. The van der Waals surface area contributed by atoms with E-state index in [1.807, 2.05) is 0 Å². The molecule has 3 rings (SSSR count). The predicted octanol–water partition coefficient (Wildman–Crippen LogP) is 10.5. The number of benzene rings is 2. The molecule has 0 aromatic heterocycles. The van der Waals surface area contributed by atoms with Gasteiger partial charge in [0.05, 0.1) is 0 Å². The van der Waals surface area contributed by atoms with Crippen LogP contribution in [0.3, 0.4) is 0 Å². The Kier molecular flexibility index (Phi) is 15.8. The predicted molar refractivity (Wildman–Crippen MR) is 166 cm³/mol. The lowest BCUT2D eigenvalue weighted by Gasteiger charge is -2.33. The van der Waals surface area contributed by atoms with Crippen LogP contribution in [0.2, 0.25) is 0 Å². The Bertz CT molecular complexity index is 831. The zero-order chi connectivity index (χ0) is 26.5. The zero-order valence-electron chi connectivity index (χ0n) is 24.5. The van der Waals surface area contributed by atoms with Crippen LogP contribution < -0.4 is 0 Å². The molecule has 2 heteroatoms. The quantitative estimate of drug-likeness (QED) is 0.144. The summed E-state index contributed by atoms with van der Waals surface area (Å²) in [6, 6.07) is 21.9. The first kappa shape index (κ1) is 30.3. The summed E-state index contributed by atoms with van der Waals surface area (Å²) in [6.45, 7) is 4.44. The molecule has 0 radical (unpaired) electrons. The number of nitrogens with zero attached hydrogens (tertiary/aromatic N) is 2. The topological polar surface area (TPSA) is 6.48 Å². The van der Waals surface area contributed by atoms with E-state index in [2.05, 4.69) is 89.8 Å². The van der Waals surface area contributed by atoms with Gasteiger partial charge in [0, 0.05) is 31.9 Å². The van der Waals surface area contributed by atoms with Crippen molar-refractivity contribution in [2.45, 2.75) is 135 Å². The first-order valence-electron chi connectivity index (χ1n) is 16.1. The van der Waals surface area contributed by atoms with Gasteiger partial charge >= 0.3 is 0 Å². The Balaban J connectivity index is 1.22. The highest BCUT2D eigenvalue weighted by atomic mass is 15.4. The second-order valence-corrected chi connectivity index (χ2v) is 11.5. The van der Waals surface area contributed by atoms with Gasteiger partial charge in [-0.2, -0.15) is 0 Å². The molecule has 0 spiro atoms. The SMILES string of the molecule is CCCCCCCCCCCCCCCCCCCN1C=CN(Cc2ccccc2)C1Cc1ccccc1. The van der Waals surface area contributed by atoms with Crippen LogP contribution in [0.5, 0.6) is 0 Å². The van der Waals surface area contributed by atoms with Gasteiger partial charge in [-0.05, 0) is 17.5 Å². The largest absolute Gasteiger partial charge is 0.356 e. The molecule has 210 valence electrons. The third-order valence-corrected chi connectivity index (χ3v) is 8.20. The van der Waals surface area contributed by atoms with E-state index >= 15 is 0 Å². The summed E-state index contributed by atoms with van der Waals surface area (Å²) in [6.07, 6.45) is 30.4. The molecular formula is C36H56N2. The first-order chi connectivity index (χ1) is 18.9. The zero-order valence-corrected chi connectivity index (χ0v) is 24.5. The molecule has 0 saturated heterocycles. The minimum atomic E-state index is 0.415. The summed E-state index contributed by atoms with van der Waals surface area (Å²) in [7, 11) is 0. The van der Waals surface area contributed by atoms with Crippen molar-refractivity contribution in [1.29, 1.82) is 0 Å². The van der Waals surface area contributed by atoms with Gasteiger partial charge in [0.2, 0.25) is 0 Å². The molecule has 0 fully saturated rings. The summed E-state index contributed by atoms with van der Waals surface area (Å²) >= 11 is 0. The van der Waals surface area contributed by atoms with Gasteiger partial charge in [-0.1, -0.05) is 170 Å². The first-order valence-corrected chi connectivity index (χ1v) is 16.1. The van der Waals surface area contributed by atoms with Crippen molar-refractivity contribution >= 4 is 0 Å². The molecule has 1 aliphatic heterocycles. The molecule has 1 atom stereocenters. The van der Waals surface area contributed by atoms with Gasteiger partial charge in [-0.3, -0.25) is 0 Å². The highest BCUT2D eigenvalue weighted by Crippen LogP contribution is 2.23. The van der Waals surface area contributed by atoms with Crippen LogP contribution in [0.25, 0.3) is 0 Å². The second kappa shape index (κ2) is 19.8. The number of hydrogen-bond donors (Lipinski definition) is 0. The molecule has 1 aliphatic rings. The fraction of sp³-hybridized carbons (Fsp3) is 0.611. The van der Waals surface area contributed by atoms with Crippen molar-refractivity contribution in [3.8, 4) is 0 Å². The van der Waals surface area contributed by atoms with E-state index in [0.29, 0.717) is 6.17 Å². The number of rotatable bonds is 22. The van der Waals surface area contributed by atoms with Crippen molar-refractivity contribution in [2.24, 2.45) is 0 Å². The van der Waals surface area contributed by atoms with E-state index in [4.69, 9.17) is 0 Å². The van der Waals surface area contributed by atoms with E-state index in [9.17, 15) is 0 Å². The molecule has 1 unspecified atom stereocenters. The summed E-state index contributed by atoms with van der Waals surface area (Å²) in [4.78, 5) is 5.11. The lowest BCUT2D eigenvalue weighted by molar-refractivity contribution is 0.144. The van der Waals surface area contributed by atoms with Crippen molar-refractivity contribution in [1.82, 2.24) is 9.80 Å². The average Bonchev–Trinajstić information content (AvgIpc) is 3.32. The normalized spacial score (nSPS) is 15.0. The molecule has 0 aliphatic carbocycles. The van der Waals surface area contributed by atoms with Gasteiger partial charge in [0.25, 0.3) is 0 Å². The Hall–Kier alpha value is -2.22. The third-order valence-electron chi connectivity index (χ3n) is 8.20. The van der Waals surface area contributed by atoms with Crippen LogP contribution in [0.15, 0.2) is 73.1 Å². The molecular weight excluding hydrogens is 460 g/mol. The maximum absolute atomic E-state index is 2.58. The lowest BCUT2D eigenvalue weighted by Crippen LogP contribution is -2.40. The van der Waals surface area contributed by atoms with E-state index in [1.165, 1.54) is 120 Å². The number of hydrogen-bond acceptors (Lipinski definition) is 2. The van der Waals surface area contributed by atoms with Crippen LogP contribution in [0.4, 0.5) is 0 Å². The van der Waals surface area contributed by atoms with Crippen molar-refractivity contribution in [2.75, 3.05) is 6.54 Å². The molecule has 0 N–H and O–H groups in total. The van der Waals surface area contributed by atoms with Gasteiger partial charge < -0.3 is 9.80 Å². The summed E-state index contributed by atoms with van der Waals surface area (Å²) < 4.78 is 0. The Labute approximate surface area is 235 Å². The van der Waals surface area contributed by atoms with Crippen LogP contribution in [0.1, 0.15) is 127 Å². The highest BCUT2D eigenvalue weighted by molar-refractivity contribution is 5.19. The summed E-state index contributed by atoms with van der Waals surface area (Å²) in [5, 5.41) is 0. The van der Waals surface area contributed by atoms with E-state index in [1.54, 1.807) is 0 Å². The van der Waals surface area contributed by atoms with Gasteiger partial charge in [0.1, 0.15) is 6.17 Å². The minimum absolute atomic E-state index is 0.415. The van der Waals surface area contributed by atoms with Crippen LogP contribution in [-0.4, -0.2) is 22.5 Å². The molecule has 0 saturated carbocycles. The molecule has 2 aromatic rings. The monoisotopic (exact) mass is 516 g/mol. The molecule has 0 amide bonds. The molecule has 38 heavy (non-hydrogen) atoms. The molecule has 0 bridgehead atoms. The molecule has 2 aromatic carbocycles. The van der Waals surface area contributed by atoms with Gasteiger partial charge in [-0.15, -0.1) is 0 Å². The Morgan fingerprint density at radius 1 is 0.474 bits per heavy atom. The van der Waals surface area contributed by atoms with Gasteiger partial charge in [0.15, 0.2) is 0 Å². The third kappa shape index (κ3) is 12.5. The standard InChI is InChI=1S/C36H56N2/c1-2-3-4-5-6-7-8-9-10-11-12-13-14-15-16-17-24-29-37-30-31-38(33-35-27-22-19-23-28-35)36(37)32-34-25-20-18-21-26-34/h18-23,25-28,30-31,36H,2-17,24,29,32-33H2,1H3. The summed E-state index contributed by atoms with van der Waals surface area (Å²) in [5.74, 6) is 0. The van der Waals surface area contributed by atoms with Crippen LogP contribution >= 0.6 is 0 Å². The van der Waals surface area contributed by atoms with Crippen molar-refractivity contribution < 1.29 is 0 Å². The number of unbranched alkanes of at least 4 members (excludes halogenated alkanes) is 16. The summed E-state index contributed by atoms with van der Waals surface area (Å²) in [5.41, 5.74) is 2.81. The maximum Gasteiger partial charge on any atom is 0.105 e. The minimum Gasteiger partial charge on any atom is -0.356 e. The van der Waals surface area contributed by atoms with E-state index < -0.39 is 0 Å². The van der Waals surface area contributed by atoms with E-state index in [-0.39, 0.29) is 0 Å². The maximum atomic E-state index is 2.58.